The number of ether oxygens (including phenoxy) is 4. The van der Waals surface area contributed by atoms with E-state index in [0.29, 0.717) is 25.7 Å². The number of unbranched alkanes of at least 4 members (excludes halogenated alkanes) is 29. The van der Waals surface area contributed by atoms with Crippen LogP contribution in [0.15, 0.2) is 109 Å². The van der Waals surface area contributed by atoms with Crippen LogP contribution in [0.25, 0.3) is 0 Å². The van der Waals surface area contributed by atoms with Crippen LogP contribution in [0.1, 0.15) is 323 Å². The standard InChI is InChI=1S/C81H140O17P2/c1-5-9-13-17-21-25-29-33-35-36-37-38-40-44-46-50-54-58-62-66-79(84)92-72-77(98-81(86)68-64-60-56-52-48-42-32-28-24-20-16-12-8-4)74-96-100(89,90)94-70-75(82)69-93-99(87,88)95-73-76(97-80(85)67-63-59-55-51-47-41-31-27-23-19-15-11-7-3)71-91-78(83)65-61-57-53-49-45-43-39-34-30-26-22-18-14-10-6-2/h10,14-15,19,21-22,25-27,31,33-35,37-39,45,49,75-77,82H,5-9,11-13,16-18,20,23-24,28-30,32,36,40-44,46-48,50-74H2,1-4H3,(H,87,88)(H,89,90)/b14-10-,19-15-,25-21-,26-22-,31-27-,35-33-,38-37-,39-34-,49-45-. The van der Waals surface area contributed by atoms with Crippen molar-refractivity contribution in [2.75, 3.05) is 39.6 Å². The molecule has 0 aromatic carbocycles. The molecule has 0 amide bonds. The minimum absolute atomic E-state index is 0.0685. The number of hydrogen-bond acceptors (Lipinski definition) is 15. The normalized spacial score (nSPS) is 14.5. The van der Waals surface area contributed by atoms with E-state index in [-0.39, 0.29) is 25.7 Å². The Morgan fingerprint density at radius 3 is 0.880 bits per heavy atom. The van der Waals surface area contributed by atoms with E-state index in [0.717, 1.165) is 173 Å². The SMILES string of the molecule is CC/C=C\C/C=C\C/C=C\C/C=C\CCCCC(=O)OCC(COP(=O)(O)OCC(O)COP(=O)(O)OCC(COC(=O)CCCCCCCC/C=C\C/C=C\C/C=C\CCCCC)OC(=O)CCCCCCCCCCCCCCC)OC(=O)CCCCCCC/C=C\C/C=C\CCC. The fourth-order valence-corrected chi connectivity index (χ4v) is 11.8. The van der Waals surface area contributed by atoms with Crippen LogP contribution in [-0.2, 0) is 65.4 Å². The monoisotopic (exact) mass is 1450 g/mol. The molecule has 0 rings (SSSR count). The van der Waals surface area contributed by atoms with Crippen LogP contribution >= 0.6 is 15.6 Å². The molecule has 0 spiro atoms. The van der Waals surface area contributed by atoms with Gasteiger partial charge in [-0.1, -0.05) is 278 Å². The Bertz CT molecular complexity index is 2320. The zero-order valence-electron chi connectivity index (χ0n) is 62.8. The van der Waals surface area contributed by atoms with Crippen molar-refractivity contribution in [2.24, 2.45) is 0 Å². The zero-order chi connectivity index (χ0) is 73.2. The highest BCUT2D eigenvalue weighted by atomic mass is 31.2. The second-order valence-corrected chi connectivity index (χ2v) is 28.8. The van der Waals surface area contributed by atoms with Gasteiger partial charge in [0.15, 0.2) is 12.2 Å². The van der Waals surface area contributed by atoms with Crippen LogP contribution in [0.3, 0.4) is 0 Å². The van der Waals surface area contributed by atoms with Crippen molar-refractivity contribution in [3.8, 4) is 0 Å². The summed E-state index contributed by atoms with van der Waals surface area (Å²) in [5.74, 6) is -2.24. The Balaban J connectivity index is 5.36. The van der Waals surface area contributed by atoms with Crippen LogP contribution in [0.4, 0.5) is 0 Å². The molecule has 5 unspecified atom stereocenters. The number of allylic oxidation sites excluding steroid dienone is 18. The number of esters is 4. The molecule has 0 radical (unpaired) electrons. The zero-order valence-corrected chi connectivity index (χ0v) is 64.6. The Labute approximate surface area is 607 Å². The summed E-state index contributed by atoms with van der Waals surface area (Å²) in [5, 5.41) is 10.6. The molecule has 17 nitrogen and oxygen atoms in total. The minimum atomic E-state index is -4.99. The van der Waals surface area contributed by atoms with Gasteiger partial charge in [-0.2, -0.15) is 0 Å². The molecule has 0 aliphatic carbocycles. The molecule has 0 aliphatic heterocycles. The van der Waals surface area contributed by atoms with Gasteiger partial charge in [-0.25, -0.2) is 9.13 Å². The lowest BCUT2D eigenvalue weighted by Gasteiger charge is -2.21. The maximum absolute atomic E-state index is 13.1. The first-order valence-electron chi connectivity index (χ1n) is 39.1. The van der Waals surface area contributed by atoms with Gasteiger partial charge >= 0.3 is 39.5 Å². The fraction of sp³-hybridized carbons (Fsp3) is 0.728. The predicted octanol–water partition coefficient (Wildman–Crippen LogP) is 22.6. The Morgan fingerprint density at radius 1 is 0.290 bits per heavy atom. The summed E-state index contributed by atoms with van der Waals surface area (Å²) in [6.45, 7) is 4.61. The highest BCUT2D eigenvalue weighted by Crippen LogP contribution is 2.45. The first-order valence-corrected chi connectivity index (χ1v) is 42.1. The van der Waals surface area contributed by atoms with E-state index >= 15 is 0 Å². The van der Waals surface area contributed by atoms with Gasteiger partial charge in [0.2, 0.25) is 0 Å². The van der Waals surface area contributed by atoms with Crippen molar-refractivity contribution in [3.05, 3.63) is 109 Å². The van der Waals surface area contributed by atoms with Crippen LogP contribution in [0, 0.1) is 0 Å². The van der Waals surface area contributed by atoms with Gasteiger partial charge in [-0.3, -0.25) is 37.3 Å². The van der Waals surface area contributed by atoms with Gasteiger partial charge in [-0.05, 0) is 128 Å². The average molecular weight is 1450 g/mol. The summed E-state index contributed by atoms with van der Waals surface area (Å²) in [6, 6.07) is 0. The number of aliphatic hydroxyl groups is 1. The number of carbonyl (C=O) groups excluding carboxylic acids is 4. The van der Waals surface area contributed by atoms with E-state index < -0.39 is 97.5 Å². The summed E-state index contributed by atoms with van der Waals surface area (Å²) in [6.07, 6.45) is 77.9. The van der Waals surface area contributed by atoms with E-state index in [9.17, 15) is 43.2 Å². The largest absolute Gasteiger partial charge is 0.472 e. The van der Waals surface area contributed by atoms with Crippen molar-refractivity contribution >= 4 is 39.5 Å². The highest BCUT2D eigenvalue weighted by molar-refractivity contribution is 7.47. The van der Waals surface area contributed by atoms with Crippen LogP contribution in [0.2, 0.25) is 0 Å². The maximum Gasteiger partial charge on any atom is 0.472 e. The lowest BCUT2D eigenvalue weighted by atomic mass is 10.0. The summed E-state index contributed by atoms with van der Waals surface area (Å²) >= 11 is 0. The first-order chi connectivity index (χ1) is 48.7. The number of carbonyl (C=O) groups is 4. The summed E-state index contributed by atoms with van der Waals surface area (Å²) in [4.78, 5) is 72.9. The molecular weight excluding hydrogens is 1310 g/mol. The Kier molecular flexibility index (Phi) is 69.9. The van der Waals surface area contributed by atoms with Crippen LogP contribution < -0.4 is 0 Å². The van der Waals surface area contributed by atoms with E-state index in [2.05, 4.69) is 137 Å². The first kappa shape index (κ1) is 95.7. The summed E-state index contributed by atoms with van der Waals surface area (Å²) in [5.41, 5.74) is 0. The average Bonchev–Trinajstić information content (AvgIpc) is 0.936. The van der Waals surface area contributed by atoms with Crippen molar-refractivity contribution in [1.82, 2.24) is 0 Å². The molecule has 0 saturated heterocycles. The van der Waals surface area contributed by atoms with Crippen molar-refractivity contribution in [2.45, 2.75) is 341 Å². The third-order valence-corrected chi connectivity index (χ3v) is 18.1. The van der Waals surface area contributed by atoms with Gasteiger partial charge in [0.25, 0.3) is 0 Å². The molecule has 0 aromatic heterocycles. The number of hydrogen-bond donors (Lipinski definition) is 3. The minimum Gasteiger partial charge on any atom is -0.462 e. The maximum atomic E-state index is 13.1. The molecule has 0 bridgehead atoms. The van der Waals surface area contributed by atoms with Gasteiger partial charge < -0.3 is 33.8 Å². The van der Waals surface area contributed by atoms with Gasteiger partial charge in [0.05, 0.1) is 26.4 Å². The topological polar surface area (TPSA) is 237 Å². The van der Waals surface area contributed by atoms with Gasteiger partial charge in [0.1, 0.15) is 19.3 Å². The fourth-order valence-electron chi connectivity index (χ4n) is 10.3. The lowest BCUT2D eigenvalue weighted by molar-refractivity contribution is -0.161. The third-order valence-electron chi connectivity index (χ3n) is 16.2. The predicted molar refractivity (Wildman–Crippen MR) is 408 cm³/mol. The van der Waals surface area contributed by atoms with Gasteiger partial charge in [-0.15, -0.1) is 0 Å². The van der Waals surface area contributed by atoms with Gasteiger partial charge in [0, 0.05) is 25.7 Å². The number of phosphoric ester groups is 2. The molecule has 100 heavy (non-hydrogen) atoms. The number of phosphoric acid groups is 2. The molecule has 0 aromatic rings. The molecule has 0 saturated carbocycles. The summed E-state index contributed by atoms with van der Waals surface area (Å²) in [7, 11) is -9.97. The summed E-state index contributed by atoms with van der Waals surface area (Å²) < 4.78 is 68.5. The van der Waals surface area contributed by atoms with Crippen molar-refractivity contribution in [1.29, 1.82) is 0 Å². The van der Waals surface area contributed by atoms with E-state index in [1.165, 1.54) is 70.6 Å². The molecule has 0 heterocycles. The Hall–Kier alpha value is -4.28. The number of rotatable bonds is 73. The molecule has 576 valence electrons. The van der Waals surface area contributed by atoms with E-state index in [1.54, 1.807) is 0 Å². The van der Waals surface area contributed by atoms with Crippen molar-refractivity contribution in [3.63, 3.8) is 0 Å². The second-order valence-electron chi connectivity index (χ2n) is 25.9. The smallest absolute Gasteiger partial charge is 0.462 e. The quantitative estimate of drug-likeness (QED) is 0.0169. The molecule has 0 fully saturated rings. The van der Waals surface area contributed by atoms with Crippen LogP contribution in [0.5, 0.6) is 0 Å². The lowest BCUT2D eigenvalue weighted by Crippen LogP contribution is -2.30. The third kappa shape index (κ3) is 72.1. The molecule has 3 N–H and O–H groups in total. The Morgan fingerprint density at radius 2 is 0.540 bits per heavy atom. The molecule has 19 heteroatoms. The molecular formula is C81H140O17P2. The molecule has 5 atom stereocenters. The molecule has 0 aliphatic rings. The number of aliphatic hydroxyl groups excluding tert-OH is 1. The van der Waals surface area contributed by atoms with Crippen molar-refractivity contribution < 1.29 is 80.2 Å². The second kappa shape index (κ2) is 73.0. The highest BCUT2D eigenvalue weighted by Gasteiger charge is 2.30. The van der Waals surface area contributed by atoms with E-state index in [1.807, 2.05) is 0 Å². The van der Waals surface area contributed by atoms with Crippen LogP contribution in [-0.4, -0.2) is 96.7 Å². The van der Waals surface area contributed by atoms with E-state index in [4.69, 9.17) is 37.0 Å².